The van der Waals surface area contributed by atoms with E-state index in [4.69, 9.17) is 28.1 Å². The van der Waals surface area contributed by atoms with Crippen LogP contribution in [0.25, 0.3) is 32.5 Å². The van der Waals surface area contributed by atoms with Crippen molar-refractivity contribution in [1.82, 2.24) is 0 Å². The van der Waals surface area contributed by atoms with Gasteiger partial charge in [0.15, 0.2) is 18.0 Å². The van der Waals surface area contributed by atoms with Crippen molar-refractivity contribution in [2.45, 2.75) is 82.2 Å². The molecule has 0 amide bonds. The van der Waals surface area contributed by atoms with Crippen LogP contribution in [-0.4, -0.2) is 105 Å². The zero-order valence-electron chi connectivity index (χ0n) is 25.2. The average molecular weight is 643 g/mol. The fourth-order valence-corrected chi connectivity index (χ4v) is 6.26. The summed E-state index contributed by atoms with van der Waals surface area (Å²) in [6.45, 7) is 4.67. The molecule has 46 heavy (non-hydrogen) atoms. The maximum absolute atomic E-state index is 13.3. The van der Waals surface area contributed by atoms with E-state index in [0.717, 1.165) is 0 Å². The van der Waals surface area contributed by atoms with Gasteiger partial charge in [-0.25, -0.2) is 9.59 Å². The average Bonchev–Trinajstić information content (AvgIpc) is 3.01. The van der Waals surface area contributed by atoms with E-state index in [9.17, 15) is 40.2 Å². The van der Waals surface area contributed by atoms with Gasteiger partial charge in [0.1, 0.15) is 42.0 Å². The first-order chi connectivity index (χ1) is 21.8. The fourth-order valence-electron chi connectivity index (χ4n) is 6.26. The standard InChI is InChI=1S/C32H34O14/c1-11-8-9-15(29(38)39)20-16-10-17(33)14-6-5-7-18(21(14)26(16)45-30(40)19(11)20)44-32-28(24(36)22(34)12(2)43-32)46-31-25(37)27(41-4)23(35)13(3)42-31/h5-10,12-13,22-25,27-28,31-37H,1-4H3,(H,38,39)/t12-,13-,22+,23+,24+,25+,27+,28-,31+,32+/m0/s1. The number of aliphatic hydroxyl groups is 4. The van der Waals surface area contributed by atoms with Crippen molar-refractivity contribution in [3.8, 4) is 11.5 Å². The van der Waals surface area contributed by atoms with Crippen molar-refractivity contribution < 1.29 is 63.5 Å². The molecule has 6 N–H and O–H groups in total. The number of carboxylic acids is 1. The molecule has 4 aromatic rings. The topological polar surface area (TPSA) is 215 Å². The van der Waals surface area contributed by atoms with E-state index < -0.39 is 73.0 Å². The number of phenolic OH excluding ortho intramolecular Hbond substituents is 1. The minimum atomic E-state index is -1.62. The highest BCUT2D eigenvalue weighted by Crippen LogP contribution is 2.42. The number of hydrogen-bond donors (Lipinski definition) is 6. The van der Waals surface area contributed by atoms with Gasteiger partial charge in [0.25, 0.3) is 0 Å². The highest BCUT2D eigenvalue weighted by Gasteiger charge is 2.50. The molecule has 3 aromatic carbocycles. The van der Waals surface area contributed by atoms with E-state index in [1.165, 1.54) is 44.4 Å². The Morgan fingerprint density at radius 3 is 2.22 bits per heavy atom. The number of methoxy groups -OCH3 is 1. The molecule has 2 aliphatic rings. The predicted octanol–water partition coefficient (Wildman–Crippen LogP) is 1.52. The van der Waals surface area contributed by atoms with Gasteiger partial charge in [-0.2, -0.15) is 0 Å². The molecule has 1 aromatic heterocycles. The largest absolute Gasteiger partial charge is 0.507 e. The van der Waals surface area contributed by atoms with E-state index in [1.54, 1.807) is 19.9 Å². The van der Waals surface area contributed by atoms with Crippen molar-refractivity contribution in [1.29, 1.82) is 0 Å². The minimum absolute atomic E-state index is 0.0107. The second kappa shape index (κ2) is 12.1. The summed E-state index contributed by atoms with van der Waals surface area (Å²) in [6.07, 6.45) is -13.0. The van der Waals surface area contributed by atoms with E-state index in [0.29, 0.717) is 5.56 Å². The summed E-state index contributed by atoms with van der Waals surface area (Å²) < 4.78 is 34.8. The molecule has 0 radical (unpaired) electrons. The first kappa shape index (κ1) is 32.1. The smallest absolute Gasteiger partial charge is 0.344 e. The first-order valence-electron chi connectivity index (χ1n) is 14.6. The molecule has 246 valence electrons. The second-order valence-electron chi connectivity index (χ2n) is 11.6. The highest BCUT2D eigenvalue weighted by molar-refractivity contribution is 6.21. The predicted molar refractivity (Wildman–Crippen MR) is 160 cm³/mol. The molecule has 3 heterocycles. The van der Waals surface area contributed by atoms with Gasteiger partial charge in [0.05, 0.1) is 28.5 Å². The number of hydrogen-bond acceptors (Lipinski definition) is 13. The Hall–Kier alpha value is -3.86. The molecule has 6 rings (SSSR count). The van der Waals surface area contributed by atoms with Crippen LogP contribution in [0.1, 0.15) is 29.8 Å². The SMILES string of the molecule is CO[C@H]1[C@@H](O)[C@@H](O[C@@H]2[C@@H](Oc3cccc4c(O)cc5c(oc(=O)c6c(C)ccc(C(=O)O)c65)c34)O[C@@H](C)[C@@H](O)[C@H]2O)O[C@@H](C)[C@H]1O. The van der Waals surface area contributed by atoms with Crippen LogP contribution in [0.4, 0.5) is 0 Å². The number of carboxylic acid groups (broad SMARTS) is 1. The van der Waals surface area contributed by atoms with Gasteiger partial charge in [-0.3, -0.25) is 0 Å². The molecule has 0 saturated carbocycles. The van der Waals surface area contributed by atoms with Gasteiger partial charge in [0, 0.05) is 23.3 Å². The number of aliphatic hydroxyl groups excluding tert-OH is 4. The molecular weight excluding hydrogens is 608 g/mol. The van der Waals surface area contributed by atoms with E-state index in [-0.39, 0.29) is 49.6 Å². The molecule has 14 nitrogen and oxygen atoms in total. The summed E-state index contributed by atoms with van der Waals surface area (Å²) in [5, 5.41) is 64.6. The molecule has 2 aliphatic heterocycles. The Morgan fingerprint density at radius 2 is 1.52 bits per heavy atom. The summed E-state index contributed by atoms with van der Waals surface area (Å²) in [6, 6.07) is 8.74. The van der Waals surface area contributed by atoms with Gasteiger partial charge in [-0.1, -0.05) is 18.2 Å². The van der Waals surface area contributed by atoms with Gasteiger partial charge >= 0.3 is 11.6 Å². The number of carbonyl (C=O) groups is 1. The molecule has 10 atom stereocenters. The Kier molecular flexibility index (Phi) is 8.41. The third-order valence-corrected chi connectivity index (χ3v) is 8.74. The monoisotopic (exact) mass is 642 g/mol. The van der Waals surface area contributed by atoms with Crippen molar-refractivity contribution in [3.05, 3.63) is 57.9 Å². The number of fused-ring (bicyclic) bond motifs is 5. The Bertz CT molecular complexity index is 1870. The van der Waals surface area contributed by atoms with E-state index in [2.05, 4.69) is 0 Å². The molecule has 2 saturated heterocycles. The zero-order chi connectivity index (χ0) is 33.2. The number of aryl methyl sites for hydroxylation is 1. The number of aromatic carboxylic acids is 1. The van der Waals surface area contributed by atoms with Gasteiger partial charge < -0.3 is 58.7 Å². The van der Waals surface area contributed by atoms with Crippen LogP contribution in [0.15, 0.2) is 45.6 Å². The highest BCUT2D eigenvalue weighted by atomic mass is 16.8. The number of aromatic hydroxyl groups is 1. The number of benzene rings is 3. The van der Waals surface area contributed by atoms with E-state index >= 15 is 0 Å². The lowest BCUT2D eigenvalue weighted by Gasteiger charge is -2.46. The number of phenols is 1. The molecule has 2 fully saturated rings. The molecule has 0 unspecified atom stereocenters. The number of ether oxygens (including phenoxy) is 5. The normalized spacial score (nSPS) is 31.8. The van der Waals surface area contributed by atoms with Crippen LogP contribution in [0, 0.1) is 6.92 Å². The first-order valence-corrected chi connectivity index (χ1v) is 14.6. The molecule has 0 bridgehead atoms. The second-order valence-corrected chi connectivity index (χ2v) is 11.6. The number of rotatable bonds is 6. The van der Waals surface area contributed by atoms with Crippen molar-refractivity contribution in [2.75, 3.05) is 7.11 Å². The lowest BCUT2D eigenvalue weighted by atomic mass is 9.96. The summed E-state index contributed by atoms with van der Waals surface area (Å²) >= 11 is 0. The summed E-state index contributed by atoms with van der Waals surface area (Å²) in [4.78, 5) is 25.5. The Morgan fingerprint density at radius 1 is 0.826 bits per heavy atom. The Labute approximate surface area is 260 Å². The van der Waals surface area contributed by atoms with Crippen LogP contribution >= 0.6 is 0 Å². The van der Waals surface area contributed by atoms with Crippen molar-refractivity contribution in [2.24, 2.45) is 0 Å². The fraction of sp³-hybridized carbons (Fsp3) is 0.438. The van der Waals surface area contributed by atoms with Crippen molar-refractivity contribution >= 4 is 38.5 Å². The van der Waals surface area contributed by atoms with Gasteiger partial charge in [-0.05, 0) is 44.5 Å². The minimum Gasteiger partial charge on any atom is -0.507 e. The van der Waals surface area contributed by atoms with Crippen LogP contribution in [0.2, 0.25) is 0 Å². The molecule has 14 heteroatoms. The van der Waals surface area contributed by atoms with E-state index in [1.807, 2.05) is 0 Å². The van der Waals surface area contributed by atoms with Crippen LogP contribution in [-0.2, 0) is 18.9 Å². The summed E-state index contributed by atoms with van der Waals surface area (Å²) in [5.41, 5.74) is -0.584. The quantitative estimate of drug-likeness (QED) is 0.130. The van der Waals surface area contributed by atoms with Crippen molar-refractivity contribution in [3.63, 3.8) is 0 Å². The third kappa shape index (κ3) is 5.16. The zero-order valence-corrected chi connectivity index (χ0v) is 25.2. The molecule has 0 aliphatic carbocycles. The maximum Gasteiger partial charge on any atom is 0.344 e. The lowest BCUT2D eigenvalue weighted by molar-refractivity contribution is -0.353. The Balaban J connectivity index is 1.49. The summed E-state index contributed by atoms with van der Waals surface area (Å²) in [7, 11) is 1.30. The van der Waals surface area contributed by atoms with Crippen LogP contribution in [0.3, 0.4) is 0 Å². The molecular formula is C32H34O14. The van der Waals surface area contributed by atoms with Gasteiger partial charge in [-0.15, -0.1) is 0 Å². The van der Waals surface area contributed by atoms with Crippen LogP contribution < -0.4 is 10.4 Å². The van der Waals surface area contributed by atoms with Crippen LogP contribution in [0.5, 0.6) is 11.5 Å². The molecule has 0 spiro atoms. The third-order valence-electron chi connectivity index (χ3n) is 8.74. The van der Waals surface area contributed by atoms with Gasteiger partial charge in [0.2, 0.25) is 6.29 Å². The summed E-state index contributed by atoms with van der Waals surface area (Å²) in [5.74, 6) is -1.56. The maximum atomic E-state index is 13.3. The lowest BCUT2D eigenvalue weighted by Crippen LogP contribution is -2.64.